The number of benzene rings is 1. The summed E-state index contributed by atoms with van der Waals surface area (Å²) in [5.41, 5.74) is 2.10. The molecule has 5 atom stereocenters. The van der Waals surface area contributed by atoms with Crippen molar-refractivity contribution in [1.29, 1.82) is 0 Å². The molecule has 5 heteroatoms. The normalized spacial score (nSPS) is 28.3. The molecule has 2 bridgehead atoms. The first-order chi connectivity index (χ1) is 12.7. The number of isothiocyanates is 1. The average molecular weight is 366 g/mol. The van der Waals surface area contributed by atoms with Gasteiger partial charge in [0.1, 0.15) is 11.8 Å². The van der Waals surface area contributed by atoms with Gasteiger partial charge in [0.15, 0.2) is 0 Å². The molecule has 0 radical (unpaired) electrons. The van der Waals surface area contributed by atoms with E-state index in [0.29, 0.717) is 17.9 Å². The third kappa shape index (κ3) is 2.96. The fourth-order valence-electron chi connectivity index (χ4n) is 4.66. The smallest absolute Gasteiger partial charge is 0.119 e. The fourth-order valence-corrected chi connectivity index (χ4v) is 4.77. The van der Waals surface area contributed by atoms with Crippen molar-refractivity contribution in [3.63, 3.8) is 0 Å². The lowest BCUT2D eigenvalue weighted by atomic mass is 9.73. The van der Waals surface area contributed by atoms with Crippen molar-refractivity contribution in [3.05, 3.63) is 48.7 Å². The first kappa shape index (κ1) is 17.3. The Hall–Kier alpha value is -2.07. The lowest BCUT2D eigenvalue weighted by Gasteiger charge is -2.50. The van der Waals surface area contributed by atoms with E-state index in [-0.39, 0.29) is 6.04 Å². The van der Waals surface area contributed by atoms with Crippen LogP contribution in [0.4, 0.5) is 0 Å². The number of aliphatic imine (C=N–C) groups is 1. The number of piperidine rings is 3. The van der Waals surface area contributed by atoms with Gasteiger partial charge in [-0.2, -0.15) is 0 Å². The fraction of sp³-hybridized carbons (Fsp3) is 0.429. The van der Waals surface area contributed by atoms with Gasteiger partial charge >= 0.3 is 0 Å². The molecule has 3 aliphatic rings. The number of pyridine rings is 1. The molecule has 5 rings (SSSR count). The van der Waals surface area contributed by atoms with Gasteiger partial charge in [-0.25, -0.2) is 4.99 Å². The predicted molar refractivity (Wildman–Crippen MR) is 108 cm³/mol. The van der Waals surface area contributed by atoms with Crippen molar-refractivity contribution in [2.24, 2.45) is 16.8 Å². The second-order valence-electron chi connectivity index (χ2n) is 7.19. The zero-order chi connectivity index (χ0) is 18.1. The number of hydrogen-bond donors (Lipinski definition) is 0. The number of thiocarbonyl (C=S) groups is 1. The summed E-state index contributed by atoms with van der Waals surface area (Å²) in [5.74, 6) is 2.10. The molecule has 26 heavy (non-hydrogen) atoms. The molecule has 0 aliphatic carbocycles. The van der Waals surface area contributed by atoms with Crippen LogP contribution in [-0.4, -0.2) is 41.3 Å². The summed E-state index contributed by atoms with van der Waals surface area (Å²) >= 11 is 5.01. The van der Waals surface area contributed by atoms with Crippen molar-refractivity contribution in [2.45, 2.75) is 24.9 Å². The minimum Gasteiger partial charge on any atom is -0.497 e. The Morgan fingerprint density at radius 3 is 3.04 bits per heavy atom. The molecule has 1 aromatic heterocycles. The van der Waals surface area contributed by atoms with E-state index < -0.39 is 0 Å². The van der Waals surface area contributed by atoms with Crippen LogP contribution in [0.5, 0.6) is 5.75 Å². The number of fused-ring (bicyclic) bond motifs is 4. The monoisotopic (exact) mass is 365 g/mol. The van der Waals surface area contributed by atoms with Gasteiger partial charge in [0.05, 0.1) is 17.8 Å². The summed E-state index contributed by atoms with van der Waals surface area (Å²) in [4.78, 5) is 11.7. The van der Waals surface area contributed by atoms with Crippen LogP contribution in [0.15, 0.2) is 48.1 Å². The van der Waals surface area contributed by atoms with E-state index in [1.165, 1.54) is 6.42 Å². The summed E-state index contributed by atoms with van der Waals surface area (Å²) in [5, 5.41) is 3.73. The molecular weight excluding hydrogens is 342 g/mol. The molecule has 1 aromatic carbocycles. The maximum Gasteiger partial charge on any atom is 0.119 e. The lowest BCUT2D eigenvalue weighted by molar-refractivity contribution is 0.00801. The first-order valence-electron chi connectivity index (χ1n) is 9.11. The van der Waals surface area contributed by atoms with Gasteiger partial charge in [-0.3, -0.25) is 9.88 Å². The molecule has 0 spiro atoms. The van der Waals surface area contributed by atoms with E-state index in [1.807, 2.05) is 24.4 Å². The van der Waals surface area contributed by atoms with Gasteiger partial charge in [-0.1, -0.05) is 6.08 Å². The van der Waals surface area contributed by atoms with Gasteiger partial charge < -0.3 is 4.74 Å². The summed E-state index contributed by atoms with van der Waals surface area (Å²) in [7, 11) is 1.69. The van der Waals surface area contributed by atoms with E-state index >= 15 is 0 Å². The number of hydrogen-bond acceptors (Lipinski definition) is 5. The molecule has 0 saturated carbocycles. The topological polar surface area (TPSA) is 37.7 Å². The lowest BCUT2D eigenvalue weighted by Crippen LogP contribution is -2.54. The largest absolute Gasteiger partial charge is 0.497 e. The van der Waals surface area contributed by atoms with Gasteiger partial charge in [0, 0.05) is 24.2 Å². The molecule has 2 aromatic rings. The van der Waals surface area contributed by atoms with Crippen LogP contribution >= 0.6 is 12.2 Å². The maximum atomic E-state index is 5.42. The summed E-state index contributed by atoms with van der Waals surface area (Å²) in [6, 6.07) is 8.37. The number of methoxy groups -OCH3 is 1. The molecule has 3 aliphatic heterocycles. The minimum atomic E-state index is -0.0290. The highest BCUT2D eigenvalue weighted by atomic mass is 32.1. The van der Waals surface area contributed by atoms with Crippen LogP contribution in [0.1, 0.15) is 24.4 Å². The summed E-state index contributed by atoms with van der Waals surface area (Å²) < 4.78 is 5.42. The zero-order valence-corrected chi connectivity index (χ0v) is 15.8. The third-order valence-electron chi connectivity index (χ3n) is 6.01. The third-order valence-corrected chi connectivity index (χ3v) is 6.12. The quantitative estimate of drug-likeness (QED) is 0.450. The Morgan fingerprint density at radius 1 is 1.46 bits per heavy atom. The molecule has 3 saturated heterocycles. The Labute approximate surface area is 159 Å². The minimum absolute atomic E-state index is 0.0290. The average Bonchev–Trinajstić information content (AvgIpc) is 2.71. The predicted octanol–water partition coefficient (Wildman–Crippen LogP) is 4.28. The summed E-state index contributed by atoms with van der Waals surface area (Å²) in [6.07, 6.45) is 6.35. The van der Waals surface area contributed by atoms with Gasteiger partial charge in [0.25, 0.3) is 0 Å². The molecule has 4 nitrogen and oxygen atoms in total. The van der Waals surface area contributed by atoms with E-state index in [0.717, 1.165) is 41.7 Å². The maximum absolute atomic E-state index is 5.42. The van der Waals surface area contributed by atoms with Crippen molar-refractivity contribution in [3.8, 4) is 5.75 Å². The van der Waals surface area contributed by atoms with Crippen LogP contribution in [0.2, 0.25) is 0 Å². The number of aromatic nitrogens is 1. The van der Waals surface area contributed by atoms with Crippen LogP contribution in [0.3, 0.4) is 0 Å². The Bertz CT molecular complexity index is 877. The number of nitrogens with zero attached hydrogens (tertiary/aromatic N) is 3. The number of rotatable bonds is 5. The Kier molecular flexibility index (Phi) is 4.86. The highest BCUT2D eigenvalue weighted by Gasteiger charge is 2.42. The Balaban J connectivity index is 1.77. The van der Waals surface area contributed by atoms with Crippen LogP contribution in [-0.2, 0) is 0 Å². The highest BCUT2D eigenvalue weighted by molar-refractivity contribution is 7.78. The SMILES string of the molecule is C=C[C@H]1CN2CC[C@H]1C[C@H]2[C@@H](N=C=S)c1ccnc2ccc(OC)cc12. The summed E-state index contributed by atoms with van der Waals surface area (Å²) in [6.45, 7) is 6.21. The van der Waals surface area contributed by atoms with E-state index in [9.17, 15) is 0 Å². The van der Waals surface area contributed by atoms with Gasteiger partial charge in [-0.05, 0) is 73.3 Å². The van der Waals surface area contributed by atoms with Crippen LogP contribution in [0.25, 0.3) is 10.9 Å². The van der Waals surface area contributed by atoms with Crippen molar-refractivity contribution in [2.75, 3.05) is 20.2 Å². The van der Waals surface area contributed by atoms with E-state index in [2.05, 4.69) is 38.8 Å². The van der Waals surface area contributed by atoms with Gasteiger partial charge in [0.2, 0.25) is 0 Å². The molecule has 0 amide bonds. The van der Waals surface area contributed by atoms with Gasteiger partial charge in [-0.15, -0.1) is 6.58 Å². The zero-order valence-electron chi connectivity index (χ0n) is 15.0. The van der Waals surface area contributed by atoms with Crippen molar-refractivity contribution in [1.82, 2.24) is 9.88 Å². The Morgan fingerprint density at radius 2 is 2.35 bits per heavy atom. The van der Waals surface area contributed by atoms with Crippen LogP contribution < -0.4 is 4.74 Å². The first-order valence-corrected chi connectivity index (χ1v) is 9.52. The molecule has 3 fully saturated rings. The molecule has 134 valence electrons. The van der Waals surface area contributed by atoms with Crippen molar-refractivity contribution < 1.29 is 4.74 Å². The van der Waals surface area contributed by atoms with Crippen molar-refractivity contribution >= 4 is 28.3 Å². The van der Waals surface area contributed by atoms with E-state index in [4.69, 9.17) is 17.0 Å². The molecular formula is C21H23N3OS. The molecule has 1 unspecified atom stereocenters. The highest BCUT2D eigenvalue weighted by Crippen LogP contribution is 2.43. The second kappa shape index (κ2) is 7.28. The number of ether oxygens (including phenoxy) is 1. The van der Waals surface area contributed by atoms with E-state index in [1.54, 1.807) is 7.11 Å². The standard InChI is InChI=1S/C21H23N3OS/c1-3-14-12-24-9-7-15(14)10-20(24)21(23-13-26)17-6-8-22-19-5-4-16(25-2)11-18(17)19/h3-6,8,11,14-15,20-21H,1,7,9-10,12H2,2H3/t14-,15-,20-,21-/m0/s1. The van der Waals surface area contributed by atoms with Crippen LogP contribution in [0, 0.1) is 11.8 Å². The second-order valence-corrected chi connectivity index (χ2v) is 7.38. The molecule has 0 N–H and O–H groups in total. The molecule has 4 heterocycles.